The minimum absolute atomic E-state index is 1.15. The Morgan fingerprint density at radius 3 is 2.54 bits per heavy atom. The van der Waals surface area contributed by atoms with Crippen molar-refractivity contribution in [2.24, 2.45) is 0 Å². The molecule has 0 bridgehead atoms. The van der Waals surface area contributed by atoms with E-state index in [2.05, 4.69) is 64.2 Å². The van der Waals surface area contributed by atoms with E-state index in [-0.39, 0.29) is 0 Å². The number of H-pyrrole nitrogens is 1. The van der Waals surface area contributed by atoms with Gasteiger partial charge in [-0.2, -0.15) is 0 Å². The summed E-state index contributed by atoms with van der Waals surface area (Å²) >= 11 is 9.38. The monoisotopic (exact) mass is 427 g/mol. The Hall–Kier alpha value is -1.40. The molecule has 0 saturated heterocycles. The van der Waals surface area contributed by atoms with Crippen LogP contribution in [0, 0.1) is 6.92 Å². The number of aromatic amines is 1. The zero-order chi connectivity index (χ0) is 16.0. The highest BCUT2D eigenvalue weighted by molar-refractivity contribution is 9.10. The molecule has 6 rings (SSSR count). The van der Waals surface area contributed by atoms with Crippen LogP contribution in [0.4, 0.5) is 0 Å². The highest BCUT2D eigenvalue weighted by Crippen LogP contribution is 2.51. The van der Waals surface area contributed by atoms with E-state index in [9.17, 15) is 0 Å². The van der Waals surface area contributed by atoms with Crippen LogP contribution in [-0.4, -0.2) is 4.98 Å². The molecule has 116 valence electrons. The Kier molecular flexibility index (Phi) is 2.66. The lowest BCUT2D eigenvalue weighted by molar-refractivity contribution is 1.49. The summed E-state index contributed by atoms with van der Waals surface area (Å²) < 4.78 is 9.64. The summed E-state index contributed by atoms with van der Waals surface area (Å²) in [5.74, 6) is 0. The highest BCUT2D eigenvalue weighted by atomic mass is 79.9. The molecule has 4 heterocycles. The first-order valence-corrected chi connectivity index (χ1v) is 10.9. The third kappa shape index (κ3) is 1.68. The third-order valence-corrected chi connectivity index (χ3v) is 9.09. The zero-order valence-electron chi connectivity index (χ0n) is 12.6. The van der Waals surface area contributed by atoms with Gasteiger partial charge in [-0.15, -0.1) is 34.0 Å². The lowest BCUT2D eigenvalue weighted by Gasteiger charge is -1.92. The van der Waals surface area contributed by atoms with Crippen LogP contribution in [0.2, 0.25) is 0 Å². The third-order valence-electron chi connectivity index (χ3n) is 4.56. The Balaban J connectivity index is 1.81. The van der Waals surface area contributed by atoms with Gasteiger partial charge in [0.05, 0.1) is 29.0 Å². The van der Waals surface area contributed by atoms with Crippen LogP contribution in [0.25, 0.3) is 50.0 Å². The fraction of sp³-hybridized carbons (Fsp3) is 0.0526. The Labute approximate surface area is 157 Å². The van der Waals surface area contributed by atoms with Crippen LogP contribution >= 0.6 is 49.9 Å². The van der Waals surface area contributed by atoms with E-state index >= 15 is 0 Å². The normalized spacial score (nSPS) is 12.6. The minimum atomic E-state index is 1.15. The maximum atomic E-state index is 3.65. The van der Waals surface area contributed by atoms with E-state index in [0.29, 0.717) is 0 Å². The standard InChI is InChI=1S/C19H10BrNS3/c1-8-2-5-12-11(6-8)15-14(21-12)17-19(23-15)18-16(24-17)10-4-3-9(20)7-13(10)22-18/h2-7,21H,1H3. The summed E-state index contributed by atoms with van der Waals surface area (Å²) in [5.41, 5.74) is 3.88. The van der Waals surface area contributed by atoms with E-state index in [4.69, 9.17) is 0 Å². The first-order valence-electron chi connectivity index (χ1n) is 7.64. The molecule has 1 nitrogen and oxygen atoms in total. The highest BCUT2D eigenvalue weighted by Gasteiger charge is 2.19. The summed E-state index contributed by atoms with van der Waals surface area (Å²) in [4.78, 5) is 3.65. The molecule has 6 aromatic rings. The predicted molar refractivity (Wildman–Crippen MR) is 114 cm³/mol. The molecule has 0 aliphatic rings. The van der Waals surface area contributed by atoms with Crippen molar-refractivity contribution in [1.29, 1.82) is 0 Å². The zero-order valence-corrected chi connectivity index (χ0v) is 16.6. The van der Waals surface area contributed by atoms with Crippen LogP contribution in [0.15, 0.2) is 40.9 Å². The van der Waals surface area contributed by atoms with Crippen molar-refractivity contribution in [2.75, 3.05) is 0 Å². The van der Waals surface area contributed by atoms with Crippen LogP contribution in [-0.2, 0) is 0 Å². The molecule has 0 radical (unpaired) electrons. The molecule has 1 N–H and O–H groups in total. The van der Waals surface area contributed by atoms with Crippen molar-refractivity contribution in [3.05, 3.63) is 46.4 Å². The molecule has 0 fully saturated rings. The largest absolute Gasteiger partial charge is 0.353 e. The molecule has 0 unspecified atom stereocenters. The van der Waals surface area contributed by atoms with Gasteiger partial charge < -0.3 is 4.98 Å². The molecule has 0 aliphatic carbocycles. The number of hydrogen-bond donors (Lipinski definition) is 1. The average molecular weight is 428 g/mol. The van der Waals surface area contributed by atoms with Gasteiger partial charge in [-0.05, 0) is 31.2 Å². The van der Waals surface area contributed by atoms with Crippen LogP contribution in [0.5, 0.6) is 0 Å². The molecular formula is C19H10BrNS3. The second-order valence-corrected chi connectivity index (χ2v) is 10.2. The summed E-state index contributed by atoms with van der Waals surface area (Å²) in [6, 6.07) is 13.3. The number of halogens is 1. The van der Waals surface area contributed by atoms with Gasteiger partial charge >= 0.3 is 0 Å². The maximum absolute atomic E-state index is 3.65. The second-order valence-electron chi connectivity index (χ2n) is 6.14. The van der Waals surface area contributed by atoms with Crippen LogP contribution in [0.3, 0.4) is 0 Å². The van der Waals surface area contributed by atoms with Crippen molar-refractivity contribution >= 4 is 99.9 Å². The lowest BCUT2D eigenvalue weighted by atomic mass is 10.2. The lowest BCUT2D eigenvalue weighted by Crippen LogP contribution is -1.70. The summed E-state index contributed by atoms with van der Waals surface area (Å²) in [6.07, 6.45) is 0. The summed E-state index contributed by atoms with van der Waals surface area (Å²) in [6.45, 7) is 2.16. The van der Waals surface area contributed by atoms with Crippen molar-refractivity contribution in [1.82, 2.24) is 4.98 Å². The van der Waals surface area contributed by atoms with Gasteiger partial charge in [-0.3, -0.25) is 0 Å². The topological polar surface area (TPSA) is 15.8 Å². The van der Waals surface area contributed by atoms with E-state index in [1.807, 2.05) is 34.0 Å². The molecule has 5 heteroatoms. The number of nitrogens with one attached hydrogen (secondary N) is 1. The van der Waals surface area contributed by atoms with E-state index in [1.54, 1.807) is 0 Å². The number of thiophene rings is 3. The SMILES string of the molecule is Cc1ccc2[nH]c3c(sc4c3sc3c5ccc(Br)cc5sc34)c2c1. The van der Waals surface area contributed by atoms with Gasteiger partial charge in [0.1, 0.15) is 0 Å². The Morgan fingerprint density at radius 1 is 0.792 bits per heavy atom. The van der Waals surface area contributed by atoms with Gasteiger partial charge in [0.2, 0.25) is 0 Å². The molecule has 0 saturated carbocycles. The number of benzene rings is 2. The van der Waals surface area contributed by atoms with Crippen molar-refractivity contribution in [3.63, 3.8) is 0 Å². The minimum Gasteiger partial charge on any atom is -0.353 e. The van der Waals surface area contributed by atoms with Crippen molar-refractivity contribution in [3.8, 4) is 0 Å². The molecule has 2 aromatic carbocycles. The molecule has 0 spiro atoms. The van der Waals surface area contributed by atoms with Gasteiger partial charge in [0.15, 0.2) is 0 Å². The van der Waals surface area contributed by atoms with E-state index in [0.717, 1.165) is 4.47 Å². The smallest absolute Gasteiger partial charge is 0.0756 e. The van der Waals surface area contributed by atoms with Crippen LogP contribution < -0.4 is 0 Å². The average Bonchev–Trinajstić information content (AvgIpc) is 3.24. The van der Waals surface area contributed by atoms with Crippen LogP contribution in [0.1, 0.15) is 5.56 Å². The molecule has 0 aliphatic heterocycles. The quantitative estimate of drug-likeness (QED) is 0.252. The summed E-state index contributed by atoms with van der Waals surface area (Å²) in [7, 11) is 0. The Morgan fingerprint density at radius 2 is 1.62 bits per heavy atom. The number of aryl methyl sites for hydroxylation is 1. The maximum Gasteiger partial charge on any atom is 0.0756 e. The first-order chi connectivity index (χ1) is 11.7. The van der Waals surface area contributed by atoms with Gasteiger partial charge in [0, 0.05) is 25.5 Å². The summed E-state index contributed by atoms with van der Waals surface area (Å²) in [5, 5.41) is 2.74. The molecule has 24 heavy (non-hydrogen) atoms. The first kappa shape index (κ1) is 13.8. The number of fused-ring (bicyclic) bond motifs is 9. The molecule has 0 atom stereocenters. The van der Waals surface area contributed by atoms with E-state index in [1.165, 1.54) is 55.6 Å². The second kappa shape index (κ2) is 4.61. The van der Waals surface area contributed by atoms with Crippen molar-refractivity contribution < 1.29 is 0 Å². The molecule has 4 aromatic heterocycles. The predicted octanol–water partition coefficient (Wildman–Crippen LogP) is 8.04. The van der Waals surface area contributed by atoms with E-state index < -0.39 is 0 Å². The molecular weight excluding hydrogens is 418 g/mol. The number of rotatable bonds is 0. The van der Waals surface area contributed by atoms with Gasteiger partial charge in [0.25, 0.3) is 0 Å². The number of aromatic nitrogens is 1. The van der Waals surface area contributed by atoms with Crippen molar-refractivity contribution in [2.45, 2.75) is 6.92 Å². The molecule has 0 amide bonds. The Bertz CT molecular complexity index is 1430. The number of hydrogen-bond acceptors (Lipinski definition) is 3. The van der Waals surface area contributed by atoms with Gasteiger partial charge in [-0.25, -0.2) is 0 Å². The van der Waals surface area contributed by atoms with Gasteiger partial charge in [-0.1, -0.05) is 33.6 Å². The fourth-order valence-corrected chi connectivity index (χ4v) is 8.32. The fourth-order valence-electron chi connectivity index (χ4n) is 3.46.